The number of anilines is 6. The monoisotopic (exact) mass is 804 g/mol. The average Bonchev–Trinajstić information content (AvgIpc) is 3.36. The summed E-state index contributed by atoms with van der Waals surface area (Å²) in [6.45, 7) is 0. The van der Waals surface area contributed by atoms with Gasteiger partial charge in [-0.15, -0.1) is 0 Å². The van der Waals surface area contributed by atoms with Gasteiger partial charge in [0, 0.05) is 38.8 Å². The first kappa shape index (κ1) is 36.5. The fourth-order valence-corrected chi connectivity index (χ4v) is 9.42. The molecule has 3 nitrogen and oxygen atoms in total. The first-order chi connectivity index (χ1) is 31.2. The highest BCUT2D eigenvalue weighted by Gasteiger charge is 2.29. The molecule has 0 saturated heterocycles. The number of hydrogen-bond acceptors (Lipinski definition) is 3. The van der Waals surface area contributed by atoms with E-state index in [1.54, 1.807) is 0 Å². The van der Waals surface area contributed by atoms with E-state index >= 15 is 0 Å². The number of benzene rings is 11. The predicted molar refractivity (Wildman–Crippen MR) is 265 cm³/mol. The summed E-state index contributed by atoms with van der Waals surface area (Å²) in [5.41, 5.74) is 13.3. The van der Waals surface area contributed by atoms with E-state index in [2.05, 4.69) is 252 Å². The lowest BCUT2D eigenvalue weighted by atomic mass is 9.92. The van der Waals surface area contributed by atoms with Crippen LogP contribution < -0.4 is 14.5 Å². The van der Waals surface area contributed by atoms with Gasteiger partial charge in [0.25, 0.3) is 0 Å². The lowest BCUT2D eigenvalue weighted by Gasteiger charge is -2.32. The summed E-state index contributed by atoms with van der Waals surface area (Å²) in [6, 6.07) is 87.0. The van der Waals surface area contributed by atoms with Crippen molar-refractivity contribution in [2.45, 2.75) is 0 Å². The van der Waals surface area contributed by atoms with Crippen LogP contribution in [0.15, 0.2) is 243 Å². The van der Waals surface area contributed by atoms with Crippen LogP contribution >= 0.6 is 0 Å². The van der Waals surface area contributed by atoms with Gasteiger partial charge in [0.1, 0.15) is 5.75 Å². The van der Waals surface area contributed by atoms with Crippen LogP contribution in [0.5, 0.6) is 11.5 Å². The molecule has 0 spiro atoms. The quantitative estimate of drug-likeness (QED) is 0.152. The largest absolute Gasteiger partial charge is 0.454 e. The molecule has 0 N–H and O–H groups in total. The summed E-state index contributed by atoms with van der Waals surface area (Å²) in [5.74, 6) is 1.66. The van der Waals surface area contributed by atoms with Gasteiger partial charge in [0.2, 0.25) is 0 Å². The van der Waals surface area contributed by atoms with Gasteiger partial charge in [-0.2, -0.15) is 0 Å². The molecule has 0 saturated carbocycles. The van der Waals surface area contributed by atoms with Crippen molar-refractivity contribution in [3.8, 4) is 44.9 Å². The van der Waals surface area contributed by atoms with E-state index in [0.717, 1.165) is 67.5 Å². The number of nitrogens with zero attached hydrogens (tertiary/aromatic N) is 2. The Kier molecular flexibility index (Phi) is 8.83. The molecule has 0 bridgehead atoms. The highest BCUT2D eigenvalue weighted by Crippen LogP contribution is 2.55. The maximum atomic E-state index is 7.22. The van der Waals surface area contributed by atoms with Crippen LogP contribution in [0.4, 0.5) is 34.1 Å². The van der Waals surface area contributed by atoms with E-state index < -0.39 is 0 Å². The second-order valence-corrected chi connectivity index (χ2v) is 16.1. The predicted octanol–water partition coefficient (Wildman–Crippen LogP) is 17.2. The van der Waals surface area contributed by atoms with E-state index in [1.807, 2.05) is 0 Å². The molecule has 0 radical (unpaired) electrons. The first-order valence-corrected chi connectivity index (χ1v) is 21.5. The Morgan fingerprint density at radius 1 is 0.286 bits per heavy atom. The third kappa shape index (κ3) is 6.38. The van der Waals surface area contributed by atoms with E-state index in [1.165, 1.54) is 43.8 Å². The van der Waals surface area contributed by atoms with Gasteiger partial charge in [-0.1, -0.05) is 182 Å². The van der Waals surface area contributed by atoms with Gasteiger partial charge in [-0.25, -0.2) is 0 Å². The summed E-state index contributed by atoms with van der Waals surface area (Å²) in [5, 5.41) is 6.96. The van der Waals surface area contributed by atoms with Gasteiger partial charge < -0.3 is 14.5 Å². The van der Waals surface area contributed by atoms with Crippen molar-refractivity contribution in [2.24, 2.45) is 0 Å². The summed E-state index contributed by atoms with van der Waals surface area (Å²) in [4.78, 5) is 4.74. The van der Waals surface area contributed by atoms with Gasteiger partial charge in [-0.05, 0) is 105 Å². The van der Waals surface area contributed by atoms with E-state index in [9.17, 15) is 0 Å². The SMILES string of the molecule is c1ccc(-c2ccc(N(c3cccc4c3Oc3ccc(N(c5ccc(-c6ccccc6)cc5)c5ccc6ccccc6c5)c5cccc-4c35)c3cccc4ccccc34)cc2)cc1. The molecule has 3 heteroatoms. The Morgan fingerprint density at radius 2 is 0.794 bits per heavy atom. The fraction of sp³-hybridized carbons (Fsp3) is 0. The highest BCUT2D eigenvalue weighted by atomic mass is 16.5. The topological polar surface area (TPSA) is 15.7 Å². The van der Waals surface area contributed by atoms with Crippen LogP contribution in [-0.2, 0) is 0 Å². The minimum absolute atomic E-state index is 0.827. The molecule has 296 valence electrons. The van der Waals surface area contributed by atoms with E-state index in [-0.39, 0.29) is 0 Å². The van der Waals surface area contributed by atoms with Crippen LogP contribution in [0, 0.1) is 0 Å². The minimum atomic E-state index is 0.827. The number of para-hydroxylation sites is 1. The third-order valence-corrected chi connectivity index (χ3v) is 12.4. The van der Waals surface area contributed by atoms with Crippen LogP contribution in [0.2, 0.25) is 0 Å². The molecule has 11 aromatic rings. The maximum absolute atomic E-state index is 7.22. The van der Waals surface area contributed by atoms with Crippen molar-refractivity contribution in [1.82, 2.24) is 0 Å². The second-order valence-electron chi connectivity index (χ2n) is 16.1. The van der Waals surface area contributed by atoms with E-state index in [4.69, 9.17) is 4.74 Å². The third-order valence-electron chi connectivity index (χ3n) is 12.4. The summed E-state index contributed by atoms with van der Waals surface area (Å²) in [6.07, 6.45) is 0. The standard InChI is InChI=1S/C60H40N2O/c1-3-14-41(15-4-1)44-28-33-48(34-29-44)61(50-37-32-43-18-7-8-20-47(43)40-50)56-38-39-58-59-52(23-12-25-54(56)59)53-24-13-27-57(60(53)63-58)62(55-26-11-21-46-19-9-10-22-51(46)55)49-35-30-45(31-36-49)42-16-5-2-6-17-42/h1-40H. The molecular formula is C60H40N2O. The normalized spacial score (nSPS) is 11.6. The fourth-order valence-electron chi connectivity index (χ4n) is 9.42. The molecule has 0 aromatic heterocycles. The van der Waals surface area contributed by atoms with Crippen LogP contribution in [-0.4, -0.2) is 0 Å². The molecule has 11 aromatic carbocycles. The molecule has 1 heterocycles. The van der Waals surface area contributed by atoms with Crippen LogP contribution in [0.1, 0.15) is 0 Å². The molecule has 0 aliphatic carbocycles. The van der Waals surface area contributed by atoms with Crippen molar-refractivity contribution in [1.29, 1.82) is 0 Å². The van der Waals surface area contributed by atoms with Crippen molar-refractivity contribution in [3.05, 3.63) is 243 Å². The van der Waals surface area contributed by atoms with Crippen LogP contribution in [0.3, 0.4) is 0 Å². The summed E-state index contributed by atoms with van der Waals surface area (Å²) in [7, 11) is 0. The molecule has 1 aliphatic rings. The Labute approximate surface area is 367 Å². The van der Waals surface area contributed by atoms with E-state index in [0.29, 0.717) is 0 Å². The lowest BCUT2D eigenvalue weighted by molar-refractivity contribution is 0.488. The zero-order chi connectivity index (χ0) is 41.7. The van der Waals surface area contributed by atoms with Gasteiger partial charge in [0.15, 0.2) is 5.75 Å². The van der Waals surface area contributed by atoms with Gasteiger partial charge in [-0.3, -0.25) is 0 Å². The molecule has 12 rings (SSSR count). The van der Waals surface area contributed by atoms with Crippen LogP contribution in [0.25, 0.3) is 65.7 Å². The molecule has 1 aliphatic heterocycles. The lowest BCUT2D eigenvalue weighted by Crippen LogP contribution is -2.13. The molecule has 0 amide bonds. The molecular weight excluding hydrogens is 765 g/mol. The molecule has 63 heavy (non-hydrogen) atoms. The zero-order valence-electron chi connectivity index (χ0n) is 34.4. The van der Waals surface area contributed by atoms with Gasteiger partial charge in [0.05, 0.1) is 17.1 Å². The Bertz CT molecular complexity index is 3470. The summed E-state index contributed by atoms with van der Waals surface area (Å²) >= 11 is 0. The number of fused-ring (bicyclic) bond motifs is 4. The Morgan fingerprint density at radius 3 is 1.52 bits per heavy atom. The first-order valence-electron chi connectivity index (χ1n) is 21.5. The maximum Gasteiger partial charge on any atom is 0.159 e. The Balaban J connectivity index is 1.02. The molecule has 0 unspecified atom stereocenters. The van der Waals surface area contributed by atoms with Crippen molar-refractivity contribution in [3.63, 3.8) is 0 Å². The van der Waals surface area contributed by atoms with Crippen molar-refractivity contribution >= 4 is 66.4 Å². The number of hydrogen-bond donors (Lipinski definition) is 0. The van der Waals surface area contributed by atoms with Gasteiger partial charge >= 0.3 is 0 Å². The van der Waals surface area contributed by atoms with Crippen molar-refractivity contribution < 1.29 is 4.74 Å². The summed E-state index contributed by atoms with van der Waals surface area (Å²) < 4.78 is 7.22. The molecule has 0 atom stereocenters. The number of rotatable bonds is 8. The smallest absolute Gasteiger partial charge is 0.159 e. The zero-order valence-corrected chi connectivity index (χ0v) is 34.4. The highest BCUT2D eigenvalue weighted by molar-refractivity contribution is 6.12. The second kappa shape index (κ2) is 15.3. The van der Waals surface area contributed by atoms with Crippen molar-refractivity contribution in [2.75, 3.05) is 9.80 Å². The average molecular weight is 805 g/mol. The Hall–Kier alpha value is -8.40. The number of ether oxygens (including phenoxy) is 1. The molecule has 0 fully saturated rings. The minimum Gasteiger partial charge on any atom is -0.454 e.